The second-order valence-corrected chi connectivity index (χ2v) is 5.15. The zero-order valence-corrected chi connectivity index (χ0v) is 12.2. The first-order chi connectivity index (χ1) is 9.63. The van der Waals surface area contributed by atoms with Crippen molar-refractivity contribution in [3.05, 3.63) is 18.5 Å². The van der Waals surface area contributed by atoms with Crippen LogP contribution in [0.15, 0.2) is 18.5 Å². The Balaban J connectivity index is 1.88. The summed E-state index contributed by atoms with van der Waals surface area (Å²) >= 11 is 0. The first kappa shape index (κ1) is 14.6. The number of nitrogens with zero attached hydrogens (tertiary/aromatic N) is 4. The Labute approximate surface area is 119 Å². The van der Waals surface area contributed by atoms with Crippen LogP contribution in [0.4, 0.5) is 0 Å². The maximum atomic E-state index is 12.2. The normalized spacial score (nSPS) is 19.8. The summed E-state index contributed by atoms with van der Waals surface area (Å²) in [4.78, 5) is 27.7. The molecule has 0 radical (unpaired) electrons. The van der Waals surface area contributed by atoms with Gasteiger partial charge in [0, 0.05) is 32.0 Å². The van der Waals surface area contributed by atoms with Crippen molar-refractivity contribution in [3.63, 3.8) is 0 Å². The number of hydrogen-bond acceptors (Lipinski definition) is 3. The van der Waals surface area contributed by atoms with Crippen molar-refractivity contribution in [1.82, 2.24) is 19.6 Å². The van der Waals surface area contributed by atoms with E-state index in [1.165, 1.54) is 0 Å². The summed E-state index contributed by atoms with van der Waals surface area (Å²) in [6.07, 6.45) is 5.32. The number of piperazine rings is 1. The molecule has 1 aliphatic heterocycles. The van der Waals surface area contributed by atoms with E-state index in [1.807, 2.05) is 30.8 Å². The quantitative estimate of drug-likeness (QED) is 0.771. The molecule has 0 saturated carbocycles. The number of aryl methyl sites for hydroxylation is 1. The van der Waals surface area contributed by atoms with Crippen molar-refractivity contribution in [2.75, 3.05) is 19.6 Å². The molecule has 1 aromatic rings. The minimum absolute atomic E-state index is 0.0472. The summed E-state index contributed by atoms with van der Waals surface area (Å²) in [6, 6.07) is 1.53. The largest absolute Gasteiger partial charge is 0.332 e. The van der Waals surface area contributed by atoms with Gasteiger partial charge in [-0.25, -0.2) is 0 Å². The smallest absolute Gasteiger partial charge is 0.245 e. The Hall–Kier alpha value is -1.85. The van der Waals surface area contributed by atoms with Crippen LogP contribution in [0, 0.1) is 0 Å². The second kappa shape index (κ2) is 6.54. The van der Waals surface area contributed by atoms with Gasteiger partial charge in [-0.1, -0.05) is 6.92 Å². The minimum Gasteiger partial charge on any atom is -0.332 e. The Bertz CT molecular complexity index is 458. The molecule has 0 aliphatic carbocycles. The highest BCUT2D eigenvalue weighted by Gasteiger charge is 2.35. The molecule has 1 fully saturated rings. The third-order valence-electron chi connectivity index (χ3n) is 3.62. The lowest BCUT2D eigenvalue weighted by Crippen LogP contribution is -2.59. The van der Waals surface area contributed by atoms with Gasteiger partial charge in [0.2, 0.25) is 11.8 Å². The summed E-state index contributed by atoms with van der Waals surface area (Å²) in [7, 11) is 0. The Morgan fingerprint density at radius 3 is 2.75 bits per heavy atom. The molecule has 6 heteroatoms. The first-order valence-electron chi connectivity index (χ1n) is 7.19. The van der Waals surface area contributed by atoms with E-state index >= 15 is 0 Å². The average Bonchev–Trinajstić information content (AvgIpc) is 2.93. The van der Waals surface area contributed by atoms with Crippen LogP contribution in [0.25, 0.3) is 0 Å². The van der Waals surface area contributed by atoms with Crippen LogP contribution >= 0.6 is 0 Å². The lowest BCUT2D eigenvalue weighted by molar-refractivity contribution is -0.155. The fourth-order valence-electron chi connectivity index (χ4n) is 2.56. The summed E-state index contributed by atoms with van der Waals surface area (Å²) in [5.74, 6) is 0.108. The maximum Gasteiger partial charge on any atom is 0.245 e. The number of amides is 2. The van der Waals surface area contributed by atoms with Gasteiger partial charge in [-0.05, 0) is 25.8 Å². The topological polar surface area (TPSA) is 58.4 Å². The fourth-order valence-corrected chi connectivity index (χ4v) is 2.56. The molecule has 110 valence electrons. The average molecular weight is 278 g/mol. The number of rotatable bonds is 6. The number of carbonyl (C=O) groups excluding carboxylic acids is 2. The zero-order chi connectivity index (χ0) is 14.5. The molecule has 2 heterocycles. The van der Waals surface area contributed by atoms with E-state index in [0.29, 0.717) is 13.1 Å². The van der Waals surface area contributed by atoms with Gasteiger partial charge in [0.1, 0.15) is 6.04 Å². The van der Waals surface area contributed by atoms with Gasteiger partial charge in [-0.15, -0.1) is 0 Å². The summed E-state index contributed by atoms with van der Waals surface area (Å²) in [5, 5.41) is 4.13. The molecule has 6 nitrogen and oxygen atoms in total. The lowest BCUT2D eigenvalue weighted by Gasteiger charge is -2.38. The molecular weight excluding hydrogens is 256 g/mol. The highest BCUT2D eigenvalue weighted by atomic mass is 16.2. The van der Waals surface area contributed by atoms with Crippen molar-refractivity contribution in [2.45, 2.75) is 39.3 Å². The number of hydrogen-bond donors (Lipinski definition) is 0. The SMILES string of the molecule is CCCN1CC(=O)N(CCCn2cccn2)[C@H](C)C1=O. The predicted octanol–water partition coefficient (Wildman–Crippen LogP) is 0.742. The van der Waals surface area contributed by atoms with Gasteiger partial charge in [0.25, 0.3) is 0 Å². The lowest BCUT2D eigenvalue weighted by atomic mass is 10.1. The van der Waals surface area contributed by atoms with Gasteiger partial charge in [0.15, 0.2) is 0 Å². The van der Waals surface area contributed by atoms with Gasteiger partial charge in [-0.2, -0.15) is 5.10 Å². The van der Waals surface area contributed by atoms with E-state index in [-0.39, 0.29) is 24.4 Å². The van der Waals surface area contributed by atoms with Crippen LogP contribution < -0.4 is 0 Å². The molecule has 1 aromatic heterocycles. The van der Waals surface area contributed by atoms with E-state index in [0.717, 1.165) is 19.4 Å². The molecule has 0 unspecified atom stereocenters. The fraction of sp³-hybridized carbons (Fsp3) is 0.643. The summed E-state index contributed by atoms with van der Waals surface area (Å²) < 4.78 is 1.84. The maximum absolute atomic E-state index is 12.2. The Morgan fingerprint density at radius 1 is 1.30 bits per heavy atom. The highest BCUT2D eigenvalue weighted by molar-refractivity contribution is 5.94. The molecule has 1 saturated heterocycles. The predicted molar refractivity (Wildman–Crippen MR) is 74.9 cm³/mol. The van der Waals surface area contributed by atoms with Crippen LogP contribution in [0.2, 0.25) is 0 Å². The van der Waals surface area contributed by atoms with Crippen molar-refractivity contribution in [1.29, 1.82) is 0 Å². The first-order valence-corrected chi connectivity index (χ1v) is 7.19. The van der Waals surface area contributed by atoms with Crippen molar-refractivity contribution >= 4 is 11.8 Å². The number of carbonyl (C=O) groups is 2. The van der Waals surface area contributed by atoms with E-state index in [1.54, 1.807) is 16.0 Å². The van der Waals surface area contributed by atoms with Crippen molar-refractivity contribution in [3.8, 4) is 0 Å². The van der Waals surface area contributed by atoms with Crippen LogP contribution in [-0.2, 0) is 16.1 Å². The van der Waals surface area contributed by atoms with Gasteiger partial charge in [0.05, 0.1) is 6.54 Å². The van der Waals surface area contributed by atoms with Crippen molar-refractivity contribution in [2.24, 2.45) is 0 Å². The molecule has 0 spiro atoms. The van der Waals surface area contributed by atoms with Crippen LogP contribution in [0.3, 0.4) is 0 Å². The Kier molecular flexibility index (Phi) is 4.76. The standard InChI is InChI=1S/C14H22N4O2/c1-3-7-16-11-13(19)18(12(2)14(16)20)10-5-9-17-8-4-6-15-17/h4,6,8,12H,3,5,7,9-11H2,1-2H3/t12-/m1/s1. The van der Waals surface area contributed by atoms with Crippen LogP contribution in [0.5, 0.6) is 0 Å². The highest BCUT2D eigenvalue weighted by Crippen LogP contribution is 2.13. The third-order valence-corrected chi connectivity index (χ3v) is 3.62. The molecule has 20 heavy (non-hydrogen) atoms. The molecule has 2 amide bonds. The molecule has 1 atom stereocenters. The van der Waals surface area contributed by atoms with E-state index < -0.39 is 0 Å². The number of aromatic nitrogens is 2. The van der Waals surface area contributed by atoms with E-state index in [2.05, 4.69) is 5.10 Å². The molecular formula is C14H22N4O2. The Morgan fingerprint density at radius 2 is 2.10 bits per heavy atom. The third kappa shape index (κ3) is 3.18. The minimum atomic E-state index is -0.347. The van der Waals surface area contributed by atoms with Crippen molar-refractivity contribution < 1.29 is 9.59 Å². The van der Waals surface area contributed by atoms with E-state index in [9.17, 15) is 9.59 Å². The molecule has 0 bridgehead atoms. The van der Waals surface area contributed by atoms with E-state index in [4.69, 9.17) is 0 Å². The summed E-state index contributed by atoms with van der Waals surface area (Å²) in [5.41, 5.74) is 0. The molecule has 0 N–H and O–H groups in total. The zero-order valence-electron chi connectivity index (χ0n) is 12.2. The summed E-state index contributed by atoms with van der Waals surface area (Å²) in [6.45, 7) is 6.07. The molecule has 1 aliphatic rings. The molecule has 0 aromatic carbocycles. The monoisotopic (exact) mass is 278 g/mol. The van der Waals surface area contributed by atoms with Gasteiger partial charge < -0.3 is 9.80 Å². The van der Waals surface area contributed by atoms with Gasteiger partial charge >= 0.3 is 0 Å². The van der Waals surface area contributed by atoms with Crippen LogP contribution in [0.1, 0.15) is 26.7 Å². The second-order valence-electron chi connectivity index (χ2n) is 5.15. The molecule has 2 rings (SSSR count). The van der Waals surface area contributed by atoms with Gasteiger partial charge in [-0.3, -0.25) is 14.3 Å². The van der Waals surface area contributed by atoms with Crippen LogP contribution in [-0.4, -0.2) is 57.1 Å².